The fraction of sp³-hybridized carbons (Fsp3) is 0.429. The molecule has 120 valence electrons. The Kier molecular flexibility index (Phi) is 4.30. The molecule has 1 aromatic rings. The first-order valence-electron chi connectivity index (χ1n) is 6.56. The van der Waals surface area contributed by atoms with Crippen molar-refractivity contribution in [2.24, 2.45) is 11.8 Å². The molecule has 5 nitrogen and oxygen atoms in total. The number of carboxylic acids is 1. The lowest BCUT2D eigenvalue weighted by molar-refractivity contribution is -0.274. The Labute approximate surface area is 124 Å². The largest absolute Gasteiger partial charge is 0.573 e. The lowest BCUT2D eigenvalue weighted by Gasteiger charge is -2.15. The Morgan fingerprint density at radius 1 is 1.27 bits per heavy atom. The van der Waals surface area contributed by atoms with E-state index in [1.54, 1.807) is 6.92 Å². The highest BCUT2D eigenvalue weighted by molar-refractivity contribution is 5.89. The molecule has 1 aromatic carbocycles. The van der Waals surface area contributed by atoms with Crippen LogP contribution < -0.4 is 10.1 Å². The maximum Gasteiger partial charge on any atom is 0.573 e. The number of hydrogen-bond acceptors (Lipinski definition) is 3. The van der Waals surface area contributed by atoms with Crippen molar-refractivity contribution in [1.82, 2.24) is 5.32 Å². The van der Waals surface area contributed by atoms with Gasteiger partial charge in [-0.2, -0.15) is 0 Å². The van der Waals surface area contributed by atoms with Crippen LogP contribution in [0, 0.1) is 11.8 Å². The summed E-state index contributed by atoms with van der Waals surface area (Å²) in [6.45, 7) is 1.66. The average Bonchev–Trinajstić information content (AvgIpc) is 3.17. The van der Waals surface area contributed by atoms with Crippen molar-refractivity contribution in [3.8, 4) is 5.75 Å². The normalized spacial score (nSPS) is 21.8. The Bertz CT molecular complexity index is 570. The van der Waals surface area contributed by atoms with Crippen molar-refractivity contribution in [2.75, 3.05) is 0 Å². The van der Waals surface area contributed by atoms with Crippen LogP contribution in [0.1, 0.15) is 24.9 Å². The van der Waals surface area contributed by atoms with Crippen LogP contribution in [0.4, 0.5) is 13.2 Å². The first-order chi connectivity index (χ1) is 10.2. The number of carbonyl (C=O) groups excluding carboxylic acids is 1. The quantitative estimate of drug-likeness (QED) is 0.875. The molecule has 0 aromatic heterocycles. The van der Waals surface area contributed by atoms with E-state index in [1.807, 2.05) is 0 Å². The molecule has 2 N–H and O–H groups in total. The summed E-state index contributed by atoms with van der Waals surface area (Å²) in [6.07, 6.45) is -4.44. The van der Waals surface area contributed by atoms with Gasteiger partial charge in [-0.1, -0.05) is 12.1 Å². The maximum atomic E-state index is 12.0. The number of carboxylic acid groups (broad SMARTS) is 1. The second-order valence-electron chi connectivity index (χ2n) is 5.13. The number of alkyl halides is 3. The van der Waals surface area contributed by atoms with E-state index in [0.717, 1.165) is 12.1 Å². The first-order valence-corrected chi connectivity index (χ1v) is 6.56. The van der Waals surface area contributed by atoms with Gasteiger partial charge in [-0.3, -0.25) is 9.59 Å². The fourth-order valence-corrected chi connectivity index (χ4v) is 2.12. The zero-order valence-corrected chi connectivity index (χ0v) is 11.6. The summed E-state index contributed by atoms with van der Waals surface area (Å²) >= 11 is 0. The van der Waals surface area contributed by atoms with Crippen LogP contribution in [0.5, 0.6) is 5.75 Å². The molecular formula is C14H14F3NO4. The Balaban J connectivity index is 1.91. The molecule has 2 rings (SSSR count). The highest BCUT2D eigenvalue weighted by Crippen LogP contribution is 2.39. The van der Waals surface area contributed by atoms with E-state index in [9.17, 15) is 22.8 Å². The van der Waals surface area contributed by atoms with E-state index in [4.69, 9.17) is 5.11 Å². The van der Waals surface area contributed by atoms with Crippen LogP contribution >= 0.6 is 0 Å². The molecule has 0 heterocycles. The molecule has 0 saturated heterocycles. The van der Waals surface area contributed by atoms with Crippen LogP contribution in [0.15, 0.2) is 24.3 Å². The van der Waals surface area contributed by atoms with Crippen molar-refractivity contribution in [1.29, 1.82) is 0 Å². The molecule has 1 aliphatic rings. The summed E-state index contributed by atoms with van der Waals surface area (Å²) < 4.78 is 39.9. The summed E-state index contributed by atoms with van der Waals surface area (Å²) in [5.74, 6) is -2.89. The molecule has 3 atom stereocenters. The molecule has 0 spiro atoms. The minimum Gasteiger partial charge on any atom is -0.481 e. The van der Waals surface area contributed by atoms with Gasteiger partial charge >= 0.3 is 12.3 Å². The lowest BCUT2D eigenvalue weighted by Crippen LogP contribution is -2.29. The second kappa shape index (κ2) is 5.86. The van der Waals surface area contributed by atoms with E-state index in [-0.39, 0.29) is 11.7 Å². The predicted molar refractivity (Wildman–Crippen MR) is 68.9 cm³/mol. The van der Waals surface area contributed by atoms with E-state index in [2.05, 4.69) is 10.1 Å². The fourth-order valence-electron chi connectivity index (χ4n) is 2.12. The monoisotopic (exact) mass is 317 g/mol. The van der Waals surface area contributed by atoms with E-state index < -0.39 is 30.2 Å². The summed E-state index contributed by atoms with van der Waals surface area (Å²) in [5, 5.41) is 11.4. The molecule has 1 aliphatic carbocycles. The second-order valence-corrected chi connectivity index (χ2v) is 5.13. The number of carbonyl (C=O) groups is 2. The summed E-state index contributed by atoms with van der Waals surface area (Å²) in [6, 6.07) is 4.69. The molecule has 0 aliphatic heterocycles. The Morgan fingerprint density at radius 3 is 2.32 bits per heavy atom. The van der Waals surface area contributed by atoms with Gasteiger partial charge in [0, 0.05) is 0 Å². The van der Waals surface area contributed by atoms with Crippen molar-refractivity contribution in [3.05, 3.63) is 29.8 Å². The van der Waals surface area contributed by atoms with Crippen LogP contribution in [-0.4, -0.2) is 23.3 Å². The number of ether oxygens (including phenoxy) is 1. The number of amides is 1. The minimum atomic E-state index is -4.75. The van der Waals surface area contributed by atoms with Gasteiger partial charge in [-0.25, -0.2) is 0 Å². The molecular weight excluding hydrogens is 303 g/mol. The van der Waals surface area contributed by atoms with Crippen LogP contribution in [0.3, 0.4) is 0 Å². The van der Waals surface area contributed by atoms with Crippen LogP contribution in [0.2, 0.25) is 0 Å². The highest BCUT2D eigenvalue weighted by atomic mass is 19.4. The number of rotatable bonds is 5. The molecule has 8 heteroatoms. The summed E-state index contributed by atoms with van der Waals surface area (Å²) in [7, 11) is 0. The third kappa shape index (κ3) is 4.12. The van der Waals surface area contributed by atoms with Gasteiger partial charge in [0.05, 0.1) is 17.9 Å². The molecule has 1 saturated carbocycles. The van der Waals surface area contributed by atoms with Gasteiger partial charge in [0.25, 0.3) is 0 Å². The molecule has 2 unspecified atom stereocenters. The summed E-state index contributed by atoms with van der Waals surface area (Å²) in [5.41, 5.74) is 0.593. The standard InChI is InChI=1S/C14H14F3NO4/c1-7(18-12(19)10-6-11(10)13(20)21)8-2-4-9(5-3-8)22-14(15,16)17/h2-5,7,10-11H,6H2,1H3,(H,18,19)(H,20,21)/t7-,10?,11?/m0/s1. The van der Waals surface area contributed by atoms with Crippen LogP contribution in [0.25, 0.3) is 0 Å². The SMILES string of the molecule is C[C@H](NC(=O)C1CC1C(=O)O)c1ccc(OC(F)(F)F)cc1. The number of halogens is 3. The van der Waals surface area contributed by atoms with E-state index >= 15 is 0 Å². The zero-order chi connectivity index (χ0) is 16.5. The molecule has 1 fully saturated rings. The van der Waals surface area contributed by atoms with E-state index in [1.165, 1.54) is 12.1 Å². The maximum absolute atomic E-state index is 12.0. The lowest BCUT2D eigenvalue weighted by atomic mass is 10.1. The number of benzene rings is 1. The van der Waals surface area contributed by atoms with Crippen molar-refractivity contribution < 1.29 is 32.6 Å². The first kappa shape index (κ1) is 16.1. The van der Waals surface area contributed by atoms with Crippen molar-refractivity contribution >= 4 is 11.9 Å². The zero-order valence-electron chi connectivity index (χ0n) is 11.6. The number of aliphatic carboxylic acids is 1. The Morgan fingerprint density at radius 2 is 1.86 bits per heavy atom. The smallest absolute Gasteiger partial charge is 0.481 e. The van der Waals surface area contributed by atoms with Gasteiger partial charge in [0.1, 0.15) is 5.75 Å². The highest BCUT2D eigenvalue weighted by Gasteiger charge is 2.48. The third-order valence-electron chi connectivity index (χ3n) is 3.42. The number of nitrogens with one attached hydrogen (secondary N) is 1. The Hall–Kier alpha value is -2.25. The van der Waals surface area contributed by atoms with Gasteiger partial charge in [0.2, 0.25) is 5.91 Å². The molecule has 22 heavy (non-hydrogen) atoms. The molecule has 0 radical (unpaired) electrons. The van der Waals surface area contributed by atoms with Gasteiger partial charge in [-0.15, -0.1) is 13.2 Å². The van der Waals surface area contributed by atoms with Crippen LogP contribution in [-0.2, 0) is 9.59 Å². The molecule has 1 amide bonds. The topological polar surface area (TPSA) is 75.6 Å². The molecule has 0 bridgehead atoms. The van der Waals surface area contributed by atoms with Crippen molar-refractivity contribution in [2.45, 2.75) is 25.7 Å². The average molecular weight is 317 g/mol. The third-order valence-corrected chi connectivity index (χ3v) is 3.42. The van der Waals surface area contributed by atoms with Crippen molar-refractivity contribution in [3.63, 3.8) is 0 Å². The van der Waals surface area contributed by atoms with Gasteiger partial charge in [0.15, 0.2) is 0 Å². The number of hydrogen-bond donors (Lipinski definition) is 2. The summed E-state index contributed by atoms with van der Waals surface area (Å²) in [4.78, 5) is 22.5. The van der Waals surface area contributed by atoms with Gasteiger partial charge in [-0.05, 0) is 31.0 Å². The van der Waals surface area contributed by atoms with E-state index in [0.29, 0.717) is 12.0 Å². The predicted octanol–water partition coefficient (Wildman–Crippen LogP) is 2.48. The van der Waals surface area contributed by atoms with Gasteiger partial charge < -0.3 is 15.2 Å². The minimum absolute atomic E-state index is 0.312.